The molecule has 0 bridgehead atoms. The van der Waals surface area contributed by atoms with Crippen LogP contribution in [0.3, 0.4) is 0 Å². The van der Waals surface area contributed by atoms with E-state index in [4.69, 9.17) is 10.5 Å². The summed E-state index contributed by atoms with van der Waals surface area (Å²) in [5, 5.41) is 0. The fourth-order valence-corrected chi connectivity index (χ4v) is 2.92. The van der Waals surface area contributed by atoms with Crippen LogP contribution < -0.4 is 10.5 Å². The SMILES string of the molecule is Cc1ccc(OC2CCC(C)C(C)C2)c([C@@H](C)N)c1. The molecule has 0 aromatic heterocycles. The minimum Gasteiger partial charge on any atom is -0.490 e. The van der Waals surface area contributed by atoms with Crippen LogP contribution in [0.1, 0.15) is 57.2 Å². The highest BCUT2D eigenvalue weighted by molar-refractivity contribution is 5.38. The van der Waals surface area contributed by atoms with Crippen molar-refractivity contribution in [2.24, 2.45) is 17.6 Å². The van der Waals surface area contributed by atoms with Crippen molar-refractivity contribution in [1.29, 1.82) is 0 Å². The Hall–Kier alpha value is -1.02. The number of ether oxygens (including phenoxy) is 1. The van der Waals surface area contributed by atoms with Crippen molar-refractivity contribution in [2.75, 3.05) is 0 Å². The van der Waals surface area contributed by atoms with Gasteiger partial charge in [0.05, 0.1) is 6.10 Å². The van der Waals surface area contributed by atoms with Crippen LogP contribution in [-0.4, -0.2) is 6.10 Å². The van der Waals surface area contributed by atoms with E-state index in [1.54, 1.807) is 0 Å². The zero-order valence-electron chi connectivity index (χ0n) is 12.6. The zero-order valence-corrected chi connectivity index (χ0v) is 12.6. The monoisotopic (exact) mass is 261 g/mol. The summed E-state index contributed by atoms with van der Waals surface area (Å²) in [5.41, 5.74) is 8.43. The molecule has 3 unspecified atom stereocenters. The Kier molecular flexibility index (Phi) is 4.51. The molecule has 2 heteroatoms. The molecule has 4 atom stereocenters. The van der Waals surface area contributed by atoms with Crippen LogP contribution in [0.15, 0.2) is 18.2 Å². The molecule has 1 aliphatic rings. The molecule has 2 N–H and O–H groups in total. The summed E-state index contributed by atoms with van der Waals surface area (Å²) in [5.74, 6) is 2.56. The van der Waals surface area contributed by atoms with Crippen LogP contribution in [-0.2, 0) is 0 Å². The number of benzene rings is 1. The molecule has 0 amide bonds. The van der Waals surface area contributed by atoms with E-state index in [2.05, 4.69) is 39.0 Å². The van der Waals surface area contributed by atoms with Gasteiger partial charge in [-0.3, -0.25) is 0 Å². The molecule has 2 nitrogen and oxygen atoms in total. The Labute approximate surface area is 117 Å². The topological polar surface area (TPSA) is 35.2 Å². The number of rotatable bonds is 3. The van der Waals surface area contributed by atoms with E-state index in [9.17, 15) is 0 Å². The molecular formula is C17H27NO. The molecule has 0 spiro atoms. The number of hydrogen-bond donors (Lipinski definition) is 1. The van der Waals surface area contributed by atoms with E-state index in [1.165, 1.54) is 12.0 Å². The first-order chi connectivity index (χ1) is 8.97. The molecule has 1 fully saturated rings. The quantitative estimate of drug-likeness (QED) is 0.884. The molecule has 19 heavy (non-hydrogen) atoms. The maximum absolute atomic E-state index is 6.24. The first-order valence-electron chi connectivity index (χ1n) is 7.50. The van der Waals surface area contributed by atoms with Gasteiger partial charge < -0.3 is 10.5 Å². The molecule has 1 aliphatic carbocycles. The minimum atomic E-state index is 0.0230. The Balaban J connectivity index is 2.11. The Morgan fingerprint density at radius 1 is 1.21 bits per heavy atom. The second-order valence-electron chi connectivity index (χ2n) is 6.34. The van der Waals surface area contributed by atoms with E-state index in [0.29, 0.717) is 6.10 Å². The Morgan fingerprint density at radius 3 is 2.58 bits per heavy atom. The summed E-state index contributed by atoms with van der Waals surface area (Å²) in [6.07, 6.45) is 3.95. The number of hydrogen-bond acceptors (Lipinski definition) is 2. The van der Waals surface area contributed by atoms with E-state index in [-0.39, 0.29) is 6.04 Å². The van der Waals surface area contributed by atoms with Crippen molar-refractivity contribution in [1.82, 2.24) is 0 Å². The third-order valence-electron chi connectivity index (χ3n) is 4.50. The maximum atomic E-state index is 6.24. The van der Waals surface area contributed by atoms with Gasteiger partial charge in [-0.05, 0) is 51.0 Å². The van der Waals surface area contributed by atoms with Gasteiger partial charge in [0.1, 0.15) is 5.75 Å². The van der Waals surface area contributed by atoms with Gasteiger partial charge >= 0.3 is 0 Å². The molecule has 1 aromatic carbocycles. The molecule has 1 saturated carbocycles. The molecule has 0 heterocycles. The molecule has 0 radical (unpaired) electrons. The van der Waals surface area contributed by atoms with E-state index in [0.717, 1.165) is 36.0 Å². The van der Waals surface area contributed by atoms with Gasteiger partial charge in [-0.2, -0.15) is 0 Å². The van der Waals surface area contributed by atoms with E-state index in [1.807, 2.05) is 6.92 Å². The van der Waals surface area contributed by atoms with E-state index < -0.39 is 0 Å². The van der Waals surface area contributed by atoms with Gasteiger partial charge in [-0.15, -0.1) is 0 Å². The predicted molar refractivity (Wildman–Crippen MR) is 80.4 cm³/mol. The minimum absolute atomic E-state index is 0.0230. The maximum Gasteiger partial charge on any atom is 0.124 e. The third kappa shape index (κ3) is 3.50. The zero-order chi connectivity index (χ0) is 14.0. The molecular weight excluding hydrogens is 234 g/mol. The molecule has 2 rings (SSSR count). The summed E-state index contributed by atoms with van der Waals surface area (Å²) in [4.78, 5) is 0. The van der Waals surface area contributed by atoms with Crippen molar-refractivity contribution in [3.05, 3.63) is 29.3 Å². The lowest BCUT2D eigenvalue weighted by atomic mass is 9.80. The lowest BCUT2D eigenvalue weighted by Gasteiger charge is -2.33. The summed E-state index contributed by atoms with van der Waals surface area (Å²) < 4.78 is 6.24. The van der Waals surface area contributed by atoms with Gasteiger partial charge in [-0.1, -0.05) is 31.5 Å². The van der Waals surface area contributed by atoms with Crippen molar-refractivity contribution >= 4 is 0 Å². The third-order valence-corrected chi connectivity index (χ3v) is 4.50. The Bertz CT molecular complexity index is 427. The van der Waals surface area contributed by atoms with E-state index >= 15 is 0 Å². The normalized spacial score (nSPS) is 29.0. The molecule has 106 valence electrons. The smallest absolute Gasteiger partial charge is 0.124 e. The van der Waals surface area contributed by atoms with Gasteiger partial charge in [-0.25, -0.2) is 0 Å². The largest absolute Gasteiger partial charge is 0.490 e. The Morgan fingerprint density at radius 2 is 1.95 bits per heavy atom. The lowest BCUT2D eigenvalue weighted by molar-refractivity contribution is 0.0994. The second kappa shape index (κ2) is 5.96. The van der Waals surface area contributed by atoms with Crippen LogP contribution in [0.25, 0.3) is 0 Å². The van der Waals surface area contributed by atoms with Gasteiger partial charge in [0, 0.05) is 11.6 Å². The highest BCUT2D eigenvalue weighted by Crippen LogP contribution is 2.34. The molecule has 0 saturated heterocycles. The van der Waals surface area contributed by atoms with Gasteiger partial charge in [0.15, 0.2) is 0 Å². The lowest BCUT2D eigenvalue weighted by Crippen LogP contribution is -2.29. The summed E-state index contributed by atoms with van der Waals surface area (Å²) in [6, 6.07) is 6.36. The highest BCUT2D eigenvalue weighted by atomic mass is 16.5. The van der Waals surface area contributed by atoms with Crippen LogP contribution in [0, 0.1) is 18.8 Å². The average Bonchev–Trinajstić information content (AvgIpc) is 2.36. The van der Waals surface area contributed by atoms with Crippen LogP contribution in [0.2, 0.25) is 0 Å². The van der Waals surface area contributed by atoms with Crippen LogP contribution in [0.5, 0.6) is 5.75 Å². The second-order valence-corrected chi connectivity index (χ2v) is 6.34. The summed E-state index contributed by atoms with van der Waals surface area (Å²) in [7, 11) is 0. The van der Waals surface area contributed by atoms with Gasteiger partial charge in [0.25, 0.3) is 0 Å². The predicted octanol–water partition coefficient (Wildman–Crippen LogP) is 4.22. The fraction of sp³-hybridized carbons (Fsp3) is 0.647. The van der Waals surface area contributed by atoms with Crippen molar-refractivity contribution < 1.29 is 4.74 Å². The standard InChI is InChI=1S/C17H27NO/c1-11-5-8-17(16(9-11)14(4)18)19-15-7-6-12(2)13(3)10-15/h5,8-9,12-15H,6-7,10,18H2,1-4H3/t12?,13?,14-,15?/m1/s1. The van der Waals surface area contributed by atoms with Gasteiger partial charge in [0.2, 0.25) is 0 Å². The van der Waals surface area contributed by atoms with Crippen LogP contribution in [0.4, 0.5) is 0 Å². The summed E-state index contributed by atoms with van der Waals surface area (Å²) in [6.45, 7) is 8.80. The van der Waals surface area contributed by atoms with Crippen molar-refractivity contribution in [3.63, 3.8) is 0 Å². The first-order valence-corrected chi connectivity index (χ1v) is 7.50. The van der Waals surface area contributed by atoms with Crippen molar-refractivity contribution in [2.45, 2.75) is 59.1 Å². The number of aryl methyl sites for hydroxylation is 1. The number of nitrogens with two attached hydrogens (primary N) is 1. The van der Waals surface area contributed by atoms with Crippen LogP contribution >= 0.6 is 0 Å². The molecule has 1 aromatic rings. The summed E-state index contributed by atoms with van der Waals surface area (Å²) >= 11 is 0. The molecule has 0 aliphatic heterocycles. The average molecular weight is 261 g/mol. The highest BCUT2D eigenvalue weighted by Gasteiger charge is 2.26. The fourth-order valence-electron chi connectivity index (χ4n) is 2.92. The van der Waals surface area contributed by atoms with Crippen molar-refractivity contribution in [3.8, 4) is 5.75 Å². The first kappa shape index (κ1) is 14.4.